The first kappa shape index (κ1) is 18.5. The van der Waals surface area contributed by atoms with Gasteiger partial charge in [-0.3, -0.25) is 4.79 Å². The average molecular weight is 378 g/mol. The molecule has 3 aliphatic heterocycles. The second-order valence-electron chi connectivity index (χ2n) is 7.16. The molecule has 146 valence electrons. The Kier molecular flexibility index (Phi) is 5.58. The van der Waals surface area contributed by atoms with Gasteiger partial charge < -0.3 is 20.7 Å². The molecule has 0 bridgehead atoms. The predicted octanol–water partition coefficient (Wildman–Crippen LogP) is 2.83. The number of hydrogen-bond acceptors (Lipinski definition) is 5. The van der Waals surface area contributed by atoms with Crippen molar-refractivity contribution in [2.75, 3.05) is 19.7 Å². The molecule has 0 fully saturated rings. The van der Waals surface area contributed by atoms with Gasteiger partial charge in [-0.25, -0.2) is 4.99 Å². The molecular weight excluding hydrogens is 352 g/mol. The summed E-state index contributed by atoms with van der Waals surface area (Å²) >= 11 is 0. The Balaban J connectivity index is 1.43. The third-order valence-corrected chi connectivity index (χ3v) is 5.16. The minimum Gasteiger partial charge on any atom is -0.494 e. The van der Waals surface area contributed by atoms with Crippen molar-refractivity contribution < 1.29 is 9.53 Å². The van der Waals surface area contributed by atoms with Crippen LogP contribution in [0, 0.1) is 0 Å². The number of amidine groups is 1. The van der Waals surface area contributed by atoms with Crippen molar-refractivity contribution in [1.29, 1.82) is 0 Å². The Morgan fingerprint density at radius 2 is 1.93 bits per heavy atom. The topological polar surface area (TPSA) is 80.0 Å². The number of benzene rings is 1. The molecule has 3 heterocycles. The van der Waals surface area contributed by atoms with Gasteiger partial charge >= 0.3 is 0 Å². The highest BCUT2D eigenvalue weighted by molar-refractivity contribution is 6.03. The number of nitrogens with two attached hydrogens (primary N) is 1. The summed E-state index contributed by atoms with van der Waals surface area (Å²) < 4.78 is 5.84. The minimum absolute atomic E-state index is 0.0780. The Morgan fingerprint density at radius 3 is 2.75 bits per heavy atom. The van der Waals surface area contributed by atoms with Crippen LogP contribution in [0.1, 0.15) is 37.7 Å². The predicted molar refractivity (Wildman–Crippen MR) is 110 cm³/mol. The Bertz CT molecular complexity index is 865. The van der Waals surface area contributed by atoms with Crippen LogP contribution in [0.15, 0.2) is 64.6 Å². The van der Waals surface area contributed by atoms with Crippen molar-refractivity contribution in [1.82, 2.24) is 10.2 Å². The summed E-state index contributed by atoms with van der Waals surface area (Å²) in [7, 11) is 0. The molecule has 0 saturated carbocycles. The maximum Gasteiger partial charge on any atom is 0.248 e. The van der Waals surface area contributed by atoms with E-state index in [9.17, 15) is 4.79 Å². The van der Waals surface area contributed by atoms with E-state index in [0.29, 0.717) is 0 Å². The van der Waals surface area contributed by atoms with Crippen LogP contribution < -0.4 is 15.8 Å². The SMILES string of the molecule is NCCCCCCOc1ccc(C2=NC=C3C=CC(=O)NC4=C3N2CC4)cc1. The molecule has 6 heteroatoms. The lowest BCUT2D eigenvalue weighted by molar-refractivity contribution is -0.115. The average Bonchev–Trinajstić information content (AvgIpc) is 3.05. The molecule has 0 spiro atoms. The second-order valence-corrected chi connectivity index (χ2v) is 7.16. The van der Waals surface area contributed by atoms with Crippen molar-refractivity contribution >= 4 is 11.7 Å². The number of carbonyl (C=O) groups is 1. The number of allylic oxidation sites excluding steroid dienone is 1. The first-order chi connectivity index (χ1) is 13.8. The summed E-state index contributed by atoms with van der Waals surface area (Å²) in [5, 5.41) is 2.98. The monoisotopic (exact) mass is 378 g/mol. The zero-order valence-corrected chi connectivity index (χ0v) is 16.0. The molecule has 0 radical (unpaired) electrons. The minimum atomic E-state index is -0.0780. The molecule has 0 atom stereocenters. The number of aliphatic imine (C=N–C) groups is 1. The quantitative estimate of drug-likeness (QED) is 0.682. The fourth-order valence-electron chi connectivity index (χ4n) is 3.74. The molecule has 1 aromatic rings. The molecule has 3 aliphatic rings. The number of nitrogens with zero attached hydrogens (tertiary/aromatic N) is 2. The van der Waals surface area contributed by atoms with Crippen molar-refractivity contribution in [3.8, 4) is 5.75 Å². The van der Waals surface area contributed by atoms with Crippen LogP contribution in [0.25, 0.3) is 0 Å². The van der Waals surface area contributed by atoms with Crippen molar-refractivity contribution in [2.24, 2.45) is 10.7 Å². The van der Waals surface area contributed by atoms with E-state index >= 15 is 0 Å². The number of nitrogens with one attached hydrogen (secondary N) is 1. The molecular formula is C22H26N4O2. The summed E-state index contributed by atoms with van der Waals surface area (Å²) in [5.41, 5.74) is 9.56. The summed E-state index contributed by atoms with van der Waals surface area (Å²) in [6, 6.07) is 8.09. The summed E-state index contributed by atoms with van der Waals surface area (Å²) in [4.78, 5) is 18.7. The fraction of sp³-hybridized carbons (Fsp3) is 0.364. The lowest BCUT2D eigenvalue weighted by atomic mass is 10.1. The first-order valence-corrected chi connectivity index (χ1v) is 9.97. The smallest absolute Gasteiger partial charge is 0.248 e. The molecule has 0 saturated heterocycles. The molecule has 6 nitrogen and oxygen atoms in total. The largest absolute Gasteiger partial charge is 0.494 e. The van der Waals surface area contributed by atoms with E-state index in [-0.39, 0.29) is 5.91 Å². The van der Waals surface area contributed by atoms with Gasteiger partial charge in [-0.1, -0.05) is 12.8 Å². The van der Waals surface area contributed by atoms with E-state index in [1.54, 1.807) is 6.08 Å². The van der Waals surface area contributed by atoms with Crippen molar-refractivity contribution in [3.63, 3.8) is 0 Å². The van der Waals surface area contributed by atoms with Gasteiger partial charge in [-0.2, -0.15) is 0 Å². The van der Waals surface area contributed by atoms with Gasteiger partial charge in [0.15, 0.2) is 0 Å². The lowest BCUT2D eigenvalue weighted by Gasteiger charge is -2.27. The van der Waals surface area contributed by atoms with Crippen LogP contribution in [0.3, 0.4) is 0 Å². The Hall–Kier alpha value is -2.86. The van der Waals surface area contributed by atoms with Crippen molar-refractivity contribution in [3.05, 3.63) is 65.1 Å². The van der Waals surface area contributed by atoms with E-state index in [4.69, 9.17) is 10.5 Å². The lowest BCUT2D eigenvalue weighted by Crippen LogP contribution is -2.31. The standard InChI is InChI=1S/C22H26N4O2/c23-12-3-1-2-4-14-28-18-8-5-16(6-9-18)22-24-15-17-7-10-20(27)25-19-11-13-26(22)21(17)19/h5-10,15H,1-4,11-14,23H2,(H,25,27). The van der Waals surface area contributed by atoms with Crippen LogP contribution in [0.2, 0.25) is 0 Å². The zero-order chi connectivity index (χ0) is 19.3. The molecule has 28 heavy (non-hydrogen) atoms. The van der Waals surface area contributed by atoms with E-state index < -0.39 is 0 Å². The third-order valence-electron chi connectivity index (χ3n) is 5.16. The highest BCUT2D eigenvalue weighted by atomic mass is 16.5. The maximum absolute atomic E-state index is 11.8. The second kappa shape index (κ2) is 8.44. The number of amides is 1. The van der Waals surface area contributed by atoms with Crippen LogP contribution in [-0.4, -0.2) is 36.3 Å². The van der Waals surface area contributed by atoms with Crippen LogP contribution in [-0.2, 0) is 4.79 Å². The molecule has 0 aromatic heterocycles. The Morgan fingerprint density at radius 1 is 1.11 bits per heavy atom. The molecule has 4 rings (SSSR count). The van der Waals surface area contributed by atoms with Gasteiger partial charge in [0.25, 0.3) is 0 Å². The van der Waals surface area contributed by atoms with Crippen molar-refractivity contribution in [2.45, 2.75) is 32.1 Å². The Labute approximate surface area is 165 Å². The van der Waals surface area contributed by atoms with Crippen LogP contribution in [0.5, 0.6) is 5.75 Å². The summed E-state index contributed by atoms with van der Waals surface area (Å²) in [6.07, 6.45) is 10.5. The molecule has 1 aromatic carbocycles. The van der Waals surface area contributed by atoms with Crippen LogP contribution >= 0.6 is 0 Å². The van der Waals surface area contributed by atoms with Crippen LogP contribution in [0.4, 0.5) is 0 Å². The van der Waals surface area contributed by atoms with Gasteiger partial charge in [-0.05, 0) is 49.7 Å². The first-order valence-electron chi connectivity index (χ1n) is 9.97. The molecule has 0 unspecified atom stereocenters. The van der Waals surface area contributed by atoms with E-state index in [0.717, 1.165) is 85.9 Å². The molecule has 3 N–H and O–H groups in total. The maximum atomic E-state index is 11.8. The van der Waals surface area contributed by atoms with Gasteiger partial charge in [0.05, 0.1) is 12.3 Å². The van der Waals surface area contributed by atoms with Gasteiger partial charge in [-0.15, -0.1) is 0 Å². The van der Waals surface area contributed by atoms with E-state index in [1.807, 2.05) is 36.5 Å². The molecule has 0 aliphatic carbocycles. The number of unbranched alkanes of at least 4 members (excludes halogenated alkanes) is 3. The highest BCUT2D eigenvalue weighted by Crippen LogP contribution is 2.34. The zero-order valence-electron chi connectivity index (χ0n) is 16.0. The van der Waals surface area contributed by atoms with E-state index in [1.165, 1.54) is 0 Å². The van der Waals surface area contributed by atoms with Gasteiger partial charge in [0.1, 0.15) is 11.6 Å². The normalized spacial score (nSPS) is 17.8. The number of carbonyl (C=O) groups excluding carboxylic acids is 1. The number of rotatable bonds is 8. The summed E-state index contributed by atoms with van der Waals surface area (Å²) in [6.45, 7) is 2.31. The highest BCUT2D eigenvalue weighted by Gasteiger charge is 2.32. The van der Waals surface area contributed by atoms with E-state index in [2.05, 4.69) is 15.2 Å². The third kappa shape index (κ3) is 3.87. The fourth-order valence-corrected chi connectivity index (χ4v) is 3.74. The number of hydrogen-bond donors (Lipinski definition) is 2. The number of ether oxygens (including phenoxy) is 1. The molecule has 1 amide bonds. The van der Waals surface area contributed by atoms with Gasteiger partial charge in [0.2, 0.25) is 5.91 Å². The van der Waals surface area contributed by atoms with Gasteiger partial charge in [0, 0.05) is 42.1 Å². The summed E-state index contributed by atoms with van der Waals surface area (Å²) in [5.74, 6) is 1.71.